The summed E-state index contributed by atoms with van der Waals surface area (Å²) in [5.74, 6) is -1.44. The van der Waals surface area contributed by atoms with E-state index in [1.165, 1.54) is 24.3 Å². The summed E-state index contributed by atoms with van der Waals surface area (Å²) < 4.78 is 43.5. The maximum Gasteiger partial charge on any atom is 0.283 e. The van der Waals surface area contributed by atoms with Crippen molar-refractivity contribution < 1.29 is 18.0 Å². The molecule has 0 aliphatic carbocycles. The van der Waals surface area contributed by atoms with Gasteiger partial charge in [0.05, 0.1) is 24.7 Å². The van der Waals surface area contributed by atoms with Gasteiger partial charge in [-0.05, 0) is 48.7 Å². The molecule has 1 amide bonds. The fraction of sp³-hybridized carbons (Fsp3) is 0.308. The van der Waals surface area contributed by atoms with Crippen molar-refractivity contribution in [2.45, 2.75) is 33.4 Å². The van der Waals surface area contributed by atoms with E-state index >= 15 is 0 Å². The third-order valence-electron chi connectivity index (χ3n) is 6.53. The first kappa shape index (κ1) is 23.6. The molecule has 3 heterocycles. The van der Waals surface area contributed by atoms with Gasteiger partial charge in [-0.25, -0.2) is 23.1 Å². The summed E-state index contributed by atoms with van der Waals surface area (Å²) in [7, 11) is 0. The molecule has 1 atom stereocenters. The maximum atomic E-state index is 14.1. The van der Waals surface area contributed by atoms with E-state index in [9.17, 15) is 23.2 Å². The summed E-state index contributed by atoms with van der Waals surface area (Å²) >= 11 is 0. The van der Waals surface area contributed by atoms with Gasteiger partial charge in [0.15, 0.2) is 17.3 Å². The number of rotatable bonds is 5. The molecule has 184 valence electrons. The summed E-state index contributed by atoms with van der Waals surface area (Å²) in [6.45, 7) is 6.92. The lowest BCUT2D eigenvalue weighted by Crippen LogP contribution is -2.50. The summed E-state index contributed by atoms with van der Waals surface area (Å²) in [5, 5.41) is 9.35. The number of carbonyl (C=O) groups excluding carboxylic acids is 1. The van der Waals surface area contributed by atoms with E-state index in [0.29, 0.717) is 41.8 Å². The fourth-order valence-electron chi connectivity index (χ4n) is 4.59. The van der Waals surface area contributed by atoms with E-state index in [1.54, 1.807) is 9.47 Å². The van der Waals surface area contributed by atoms with Gasteiger partial charge >= 0.3 is 0 Å². The van der Waals surface area contributed by atoms with Gasteiger partial charge in [-0.1, -0.05) is 19.9 Å². The first-order valence-electron chi connectivity index (χ1n) is 11.6. The molecule has 0 fully saturated rings. The SMILES string of the molecule is CCN1C(=O)c2nc(-c3ccc(F)c(C#N)c3)n(Cc3ccc(F)c(F)c3)c2N2C[C@@H](C(C)C)N=C12. The first-order chi connectivity index (χ1) is 17.2. The van der Waals surface area contributed by atoms with Crippen LogP contribution in [0.3, 0.4) is 0 Å². The largest absolute Gasteiger partial charge is 0.305 e. The minimum atomic E-state index is -0.992. The molecule has 0 saturated heterocycles. The van der Waals surface area contributed by atoms with Crippen LogP contribution in [0.15, 0.2) is 41.4 Å². The number of carbonyl (C=O) groups is 1. The van der Waals surface area contributed by atoms with E-state index in [-0.39, 0.29) is 35.7 Å². The molecule has 0 radical (unpaired) electrons. The van der Waals surface area contributed by atoms with Crippen LogP contribution in [0.25, 0.3) is 11.4 Å². The van der Waals surface area contributed by atoms with Crippen LogP contribution >= 0.6 is 0 Å². The number of nitriles is 1. The Morgan fingerprint density at radius 1 is 1.11 bits per heavy atom. The van der Waals surface area contributed by atoms with Crippen molar-refractivity contribution in [1.82, 2.24) is 14.5 Å². The highest BCUT2D eigenvalue weighted by Crippen LogP contribution is 2.38. The molecule has 0 unspecified atom stereocenters. The molecular formula is C26H23F3N6O. The third kappa shape index (κ3) is 3.71. The second-order valence-corrected chi connectivity index (χ2v) is 9.15. The zero-order valence-corrected chi connectivity index (χ0v) is 20.0. The van der Waals surface area contributed by atoms with Crippen LogP contribution < -0.4 is 4.90 Å². The van der Waals surface area contributed by atoms with Crippen molar-refractivity contribution in [3.05, 3.63) is 70.7 Å². The Morgan fingerprint density at radius 3 is 2.53 bits per heavy atom. The number of aliphatic imine (C=N–C) groups is 1. The Hall–Kier alpha value is -4.13. The van der Waals surface area contributed by atoms with Crippen LogP contribution in [0, 0.1) is 34.7 Å². The molecule has 2 aliphatic rings. The maximum absolute atomic E-state index is 14.1. The lowest BCUT2D eigenvalue weighted by atomic mass is 10.1. The predicted molar refractivity (Wildman–Crippen MR) is 128 cm³/mol. The zero-order chi connectivity index (χ0) is 25.7. The van der Waals surface area contributed by atoms with E-state index in [4.69, 9.17) is 4.99 Å². The highest BCUT2D eigenvalue weighted by molar-refractivity contribution is 6.18. The van der Waals surface area contributed by atoms with Gasteiger partial charge in [0.2, 0.25) is 5.96 Å². The number of nitrogens with zero attached hydrogens (tertiary/aromatic N) is 6. The normalized spacial score (nSPS) is 16.8. The number of amides is 1. The van der Waals surface area contributed by atoms with Gasteiger partial charge < -0.3 is 4.57 Å². The minimum absolute atomic E-state index is 0.0566. The summed E-state index contributed by atoms with van der Waals surface area (Å²) in [4.78, 5) is 26.5. The van der Waals surface area contributed by atoms with E-state index in [1.807, 2.05) is 17.9 Å². The molecule has 5 rings (SSSR count). The Labute approximate surface area is 206 Å². The number of benzene rings is 2. The number of aromatic nitrogens is 2. The predicted octanol–water partition coefficient (Wildman–Crippen LogP) is 4.56. The van der Waals surface area contributed by atoms with Crippen molar-refractivity contribution >= 4 is 17.7 Å². The molecule has 36 heavy (non-hydrogen) atoms. The van der Waals surface area contributed by atoms with Crippen molar-refractivity contribution in [1.29, 1.82) is 5.26 Å². The van der Waals surface area contributed by atoms with Gasteiger partial charge in [0.25, 0.3) is 5.91 Å². The topological polar surface area (TPSA) is 77.5 Å². The highest BCUT2D eigenvalue weighted by Gasteiger charge is 2.44. The molecule has 10 heteroatoms. The lowest BCUT2D eigenvalue weighted by molar-refractivity contribution is 0.0841. The number of hydrogen-bond donors (Lipinski definition) is 0. The summed E-state index contributed by atoms with van der Waals surface area (Å²) in [6, 6.07) is 9.37. The van der Waals surface area contributed by atoms with Crippen LogP contribution in [0.1, 0.15) is 42.4 Å². The van der Waals surface area contributed by atoms with Gasteiger partial charge in [-0.3, -0.25) is 14.6 Å². The molecule has 1 aromatic heterocycles. The molecule has 7 nitrogen and oxygen atoms in total. The van der Waals surface area contributed by atoms with Gasteiger partial charge in [-0.2, -0.15) is 5.26 Å². The van der Waals surface area contributed by atoms with Crippen molar-refractivity contribution in [2.24, 2.45) is 10.9 Å². The van der Waals surface area contributed by atoms with Crippen LogP contribution in [0.5, 0.6) is 0 Å². The van der Waals surface area contributed by atoms with Gasteiger partial charge in [0, 0.05) is 12.1 Å². The summed E-state index contributed by atoms with van der Waals surface area (Å²) in [6.07, 6.45) is 0. The number of guanidine groups is 1. The highest BCUT2D eigenvalue weighted by atomic mass is 19.2. The average Bonchev–Trinajstić information content (AvgIpc) is 3.45. The van der Waals surface area contributed by atoms with Crippen LogP contribution in [-0.4, -0.2) is 45.4 Å². The van der Waals surface area contributed by atoms with Crippen molar-refractivity contribution in [3.63, 3.8) is 0 Å². The molecule has 0 bridgehead atoms. The average molecular weight is 493 g/mol. The van der Waals surface area contributed by atoms with E-state index < -0.39 is 17.5 Å². The first-order valence-corrected chi connectivity index (χ1v) is 11.6. The number of imidazole rings is 1. The van der Waals surface area contributed by atoms with Crippen LogP contribution in [0.4, 0.5) is 19.0 Å². The Kier molecular flexibility index (Phi) is 5.79. The standard InChI is InChI=1S/C26H23F3N6O/c1-4-33-25(36)22-24(35-13-21(14(2)3)31-26(33)35)34(12-15-5-7-19(28)20(29)9-15)23(32-22)16-6-8-18(27)17(10-16)11-30/h5-10,14,21H,4,12-13H2,1-3H3/t21-/m0/s1. The molecule has 2 aliphatic heterocycles. The number of hydrogen-bond acceptors (Lipinski definition) is 5. The smallest absolute Gasteiger partial charge is 0.283 e. The Bertz CT molecular complexity index is 1450. The lowest BCUT2D eigenvalue weighted by Gasteiger charge is -2.33. The number of anilines is 1. The molecule has 0 N–H and O–H groups in total. The third-order valence-corrected chi connectivity index (χ3v) is 6.53. The van der Waals surface area contributed by atoms with Crippen molar-refractivity contribution in [2.75, 3.05) is 18.0 Å². The van der Waals surface area contributed by atoms with Crippen LogP contribution in [0.2, 0.25) is 0 Å². The molecular weight excluding hydrogens is 469 g/mol. The van der Waals surface area contributed by atoms with Gasteiger partial charge in [0.1, 0.15) is 23.5 Å². The second-order valence-electron chi connectivity index (χ2n) is 9.15. The van der Waals surface area contributed by atoms with Crippen molar-refractivity contribution in [3.8, 4) is 17.5 Å². The van der Waals surface area contributed by atoms with Gasteiger partial charge in [-0.15, -0.1) is 0 Å². The Morgan fingerprint density at radius 2 is 1.86 bits per heavy atom. The van der Waals surface area contributed by atoms with Crippen LogP contribution in [-0.2, 0) is 6.54 Å². The van der Waals surface area contributed by atoms with E-state index in [0.717, 1.165) is 12.1 Å². The Balaban J connectivity index is 1.74. The molecule has 3 aromatic rings. The second kappa shape index (κ2) is 8.82. The number of halogens is 3. The molecule has 0 spiro atoms. The minimum Gasteiger partial charge on any atom is -0.305 e. The summed E-state index contributed by atoms with van der Waals surface area (Å²) in [5.41, 5.74) is 0.874. The zero-order valence-electron chi connectivity index (χ0n) is 20.0. The van der Waals surface area contributed by atoms with E-state index in [2.05, 4.69) is 18.8 Å². The molecule has 2 aromatic carbocycles. The quantitative estimate of drug-likeness (QED) is 0.523. The monoisotopic (exact) mass is 492 g/mol. The number of fused-ring (bicyclic) bond motifs is 3. The fourth-order valence-corrected chi connectivity index (χ4v) is 4.59. The molecule has 0 saturated carbocycles.